The van der Waals surface area contributed by atoms with Crippen molar-refractivity contribution in [2.24, 2.45) is 5.11 Å². The number of rotatable bonds is 6. The summed E-state index contributed by atoms with van der Waals surface area (Å²) in [7, 11) is 0. The Morgan fingerprint density at radius 3 is 2.25 bits per heavy atom. The van der Waals surface area contributed by atoms with Crippen molar-refractivity contribution in [2.75, 3.05) is 13.2 Å². The van der Waals surface area contributed by atoms with E-state index in [1.54, 1.807) is 26.0 Å². The molecule has 12 heteroatoms. The molecule has 5 aromatic rings. The van der Waals surface area contributed by atoms with Crippen molar-refractivity contribution in [1.29, 1.82) is 0 Å². The van der Waals surface area contributed by atoms with Crippen LogP contribution in [0.2, 0.25) is 0 Å². The van der Waals surface area contributed by atoms with Gasteiger partial charge >= 0.3 is 11.9 Å². The van der Waals surface area contributed by atoms with Crippen LogP contribution in [0.3, 0.4) is 0 Å². The van der Waals surface area contributed by atoms with Crippen LogP contribution in [-0.4, -0.2) is 30.1 Å². The summed E-state index contributed by atoms with van der Waals surface area (Å²) >= 11 is 0. The van der Waals surface area contributed by atoms with E-state index in [1.807, 2.05) is 0 Å². The number of carbonyl (C=O) groups is 2. The normalized spacial score (nSPS) is 10.7. The van der Waals surface area contributed by atoms with E-state index >= 15 is 0 Å². The maximum absolute atomic E-state index is 13.7. The van der Waals surface area contributed by atoms with Gasteiger partial charge in [-0.25, -0.2) is 18.4 Å². The first-order chi connectivity index (χ1) is 18.4. The third-order valence-electron chi connectivity index (χ3n) is 5.30. The number of fused-ring (bicyclic) bond motifs is 4. The van der Waals surface area contributed by atoms with Gasteiger partial charge in [-0.2, -0.15) is 0 Å². The summed E-state index contributed by atoms with van der Waals surface area (Å²) in [4.78, 5) is 28.6. The molecule has 10 nitrogen and oxygen atoms in total. The fourth-order valence-electron chi connectivity index (χ4n) is 3.69. The van der Waals surface area contributed by atoms with Crippen molar-refractivity contribution >= 4 is 50.9 Å². The fraction of sp³-hybridized carbons (Fsp3) is 0.214. The summed E-state index contributed by atoms with van der Waals surface area (Å²) in [5.74, 6) is -2.04. The van der Waals surface area contributed by atoms with Crippen LogP contribution in [0.4, 0.5) is 8.78 Å². The largest absolute Gasteiger partial charge is 0.464 e. The summed E-state index contributed by atoms with van der Waals surface area (Å²) in [6.45, 7) is 3.80. The second-order valence-corrected chi connectivity index (χ2v) is 7.63. The topological polar surface area (TPSA) is 143 Å². The first-order valence-corrected chi connectivity index (χ1v) is 11.3. The van der Waals surface area contributed by atoms with Gasteiger partial charge in [0.05, 0.1) is 42.0 Å². The van der Waals surface area contributed by atoms with Gasteiger partial charge in [-0.05, 0) is 61.9 Å². The molecular weight excluding hydrogens is 526 g/mol. The summed E-state index contributed by atoms with van der Waals surface area (Å²) < 4.78 is 47.3. The first kappa shape index (κ1) is 31.1. The number of hydrogen-bond acceptors (Lipinski definition) is 7. The number of esters is 2. The molecule has 3 heterocycles. The van der Waals surface area contributed by atoms with E-state index in [0.717, 1.165) is 0 Å². The number of H-pyrrole nitrogens is 1. The SMILES string of the molecule is C.C.CCOC(=O)/C(=C/c1ccc(F)c2ccoc12)N=[N+]=[N-].CCOC(=O)c1cc2c(cc(F)c3ccoc32)[nH]1. The number of nitrogens with one attached hydrogen (secondary N) is 1. The number of aromatic nitrogens is 1. The lowest BCUT2D eigenvalue weighted by Gasteiger charge is -2.02. The Morgan fingerprint density at radius 1 is 0.950 bits per heavy atom. The lowest BCUT2D eigenvalue weighted by Crippen LogP contribution is -2.05. The van der Waals surface area contributed by atoms with Gasteiger partial charge in [0.25, 0.3) is 0 Å². The summed E-state index contributed by atoms with van der Waals surface area (Å²) in [6.07, 6.45) is 4.05. The zero-order chi connectivity index (χ0) is 27.2. The maximum Gasteiger partial charge on any atom is 0.354 e. The molecule has 3 aromatic heterocycles. The van der Waals surface area contributed by atoms with Crippen LogP contribution in [0.5, 0.6) is 0 Å². The van der Waals surface area contributed by atoms with Gasteiger partial charge in [0, 0.05) is 15.9 Å². The average Bonchev–Trinajstić information content (AvgIpc) is 3.65. The molecule has 0 spiro atoms. The fourth-order valence-corrected chi connectivity index (χ4v) is 3.69. The zero-order valence-electron chi connectivity index (χ0n) is 20.2. The molecule has 210 valence electrons. The van der Waals surface area contributed by atoms with Gasteiger partial charge in [0.2, 0.25) is 0 Å². The highest BCUT2D eigenvalue weighted by atomic mass is 19.1. The lowest BCUT2D eigenvalue weighted by atomic mass is 10.1. The zero-order valence-corrected chi connectivity index (χ0v) is 20.2. The van der Waals surface area contributed by atoms with Crippen molar-refractivity contribution in [3.05, 3.63) is 88.0 Å². The molecule has 0 aliphatic rings. The van der Waals surface area contributed by atoms with Gasteiger partial charge in [0.1, 0.15) is 34.2 Å². The minimum atomic E-state index is -0.755. The van der Waals surface area contributed by atoms with E-state index in [2.05, 4.69) is 15.0 Å². The molecule has 40 heavy (non-hydrogen) atoms. The molecule has 5 rings (SSSR count). The lowest BCUT2D eigenvalue weighted by molar-refractivity contribution is -0.138. The van der Waals surface area contributed by atoms with E-state index in [9.17, 15) is 18.4 Å². The first-order valence-electron chi connectivity index (χ1n) is 11.3. The van der Waals surface area contributed by atoms with Crippen LogP contribution in [0.25, 0.3) is 49.4 Å². The van der Waals surface area contributed by atoms with E-state index in [-0.39, 0.29) is 49.6 Å². The molecule has 0 atom stereocenters. The van der Waals surface area contributed by atoms with Crippen LogP contribution < -0.4 is 0 Å². The van der Waals surface area contributed by atoms with Crippen molar-refractivity contribution in [2.45, 2.75) is 28.7 Å². The van der Waals surface area contributed by atoms with E-state index in [1.165, 1.54) is 42.9 Å². The quantitative estimate of drug-likeness (QED) is 0.0735. The highest BCUT2D eigenvalue weighted by Crippen LogP contribution is 2.29. The Bertz CT molecular complexity index is 1730. The molecule has 0 bridgehead atoms. The number of aromatic amines is 1. The van der Waals surface area contributed by atoms with Crippen LogP contribution in [0.15, 0.2) is 68.6 Å². The summed E-state index contributed by atoms with van der Waals surface area (Å²) in [5, 5.41) is 4.63. The van der Waals surface area contributed by atoms with E-state index < -0.39 is 17.8 Å². The van der Waals surface area contributed by atoms with Crippen molar-refractivity contribution in [3.63, 3.8) is 0 Å². The van der Waals surface area contributed by atoms with Gasteiger partial charge < -0.3 is 23.3 Å². The van der Waals surface area contributed by atoms with Gasteiger partial charge in [-0.15, -0.1) is 0 Å². The van der Waals surface area contributed by atoms with Crippen molar-refractivity contribution < 1.29 is 36.7 Å². The second kappa shape index (κ2) is 13.6. The number of halogens is 2. The third kappa shape index (κ3) is 6.30. The van der Waals surface area contributed by atoms with E-state index in [4.69, 9.17) is 23.8 Å². The summed E-state index contributed by atoms with van der Waals surface area (Å²) in [6, 6.07) is 8.64. The van der Waals surface area contributed by atoms with Gasteiger partial charge in [-0.1, -0.05) is 20.0 Å². The second-order valence-electron chi connectivity index (χ2n) is 7.63. The number of azide groups is 1. The molecule has 0 saturated carbocycles. The third-order valence-corrected chi connectivity index (χ3v) is 5.30. The molecule has 0 fully saturated rings. The highest BCUT2D eigenvalue weighted by Gasteiger charge is 2.16. The van der Waals surface area contributed by atoms with Crippen LogP contribution >= 0.6 is 0 Å². The Morgan fingerprint density at radius 2 is 1.60 bits per heavy atom. The standard InChI is InChI=1S/C13H10FN3O3.C13H10FNO3.2CH4/c1-2-19-13(18)11(16-17-15)7-8-3-4-10(14)9-5-6-20-12(8)9;1-2-17-13(16)11-5-8-10(15-11)6-9(14)7-3-4-18-12(7)8;;/h3-7H,2H2,1H3;3-6,15H,2H2,1H3;2*1H4/b11-7-;;;. The van der Waals surface area contributed by atoms with Crippen LogP contribution in [-0.2, 0) is 14.3 Å². The number of hydrogen-bond donors (Lipinski definition) is 1. The number of ether oxygens (including phenoxy) is 2. The number of nitrogens with zero attached hydrogens (tertiary/aromatic N) is 3. The predicted octanol–water partition coefficient (Wildman–Crippen LogP) is 8.29. The molecule has 0 aliphatic carbocycles. The number of carbonyl (C=O) groups excluding carboxylic acids is 2. The predicted molar refractivity (Wildman–Crippen MR) is 147 cm³/mol. The van der Waals surface area contributed by atoms with Crippen molar-refractivity contribution in [3.8, 4) is 0 Å². The molecule has 0 radical (unpaired) electrons. The Balaban J connectivity index is 0.000000268. The monoisotopic (exact) mass is 554 g/mol. The molecule has 1 N–H and O–H groups in total. The minimum Gasteiger partial charge on any atom is -0.464 e. The average molecular weight is 555 g/mol. The Kier molecular flexibility index (Phi) is 10.6. The molecule has 0 aliphatic heterocycles. The molecular formula is C28H28F2N4O6. The van der Waals surface area contributed by atoms with E-state index in [0.29, 0.717) is 34.0 Å². The summed E-state index contributed by atoms with van der Waals surface area (Å²) in [5.41, 5.74) is 10.2. The Labute approximate surface area is 227 Å². The van der Waals surface area contributed by atoms with Gasteiger partial charge in [0.15, 0.2) is 0 Å². The maximum atomic E-state index is 13.7. The van der Waals surface area contributed by atoms with Gasteiger partial charge in [-0.3, -0.25) is 0 Å². The number of furan rings is 2. The molecule has 0 unspecified atom stereocenters. The number of benzene rings is 2. The highest BCUT2D eigenvalue weighted by molar-refractivity contribution is 6.06. The minimum absolute atomic E-state index is 0. The smallest absolute Gasteiger partial charge is 0.354 e. The van der Waals surface area contributed by atoms with Crippen molar-refractivity contribution in [1.82, 2.24) is 4.98 Å². The van der Waals surface area contributed by atoms with Crippen LogP contribution in [0.1, 0.15) is 44.8 Å². The molecule has 0 saturated heterocycles. The Hall–Kier alpha value is -5.09. The van der Waals surface area contributed by atoms with Crippen LogP contribution in [0, 0.1) is 11.6 Å². The molecule has 2 aromatic carbocycles. The molecule has 0 amide bonds.